The van der Waals surface area contributed by atoms with Gasteiger partial charge in [-0.25, -0.2) is 0 Å². The molecule has 0 atom stereocenters. The van der Waals surface area contributed by atoms with E-state index in [1.165, 1.54) is 12.1 Å². The van der Waals surface area contributed by atoms with E-state index in [-0.39, 0.29) is 17.2 Å². The summed E-state index contributed by atoms with van der Waals surface area (Å²) in [5, 5.41) is 27.5. The second-order valence-corrected chi connectivity index (χ2v) is 2.63. The molecule has 4 heteroatoms. The fraction of sp³-hybridized carbons (Fsp3) is 0.143. The van der Waals surface area contributed by atoms with Crippen LogP contribution in [0.3, 0.4) is 0 Å². The van der Waals surface area contributed by atoms with Gasteiger partial charge in [-0.05, 0) is 12.1 Å². The van der Waals surface area contributed by atoms with Gasteiger partial charge >= 0.3 is 0 Å². The van der Waals surface area contributed by atoms with Crippen LogP contribution in [0.2, 0.25) is 0 Å². The zero-order chi connectivity index (χ0) is 8.43. The SMILES string of the molecule is Oc1ccc(O)c(CBr)c1O. The third kappa shape index (κ3) is 1.40. The predicted molar refractivity (Wildman–Crippen MR) is 44.1 cm³/mol. The fourth-order valence-electron chi connectivity index (χ4n) is 0.745. The fourth-order valence-corrected chi connectivity index (χ4v) is 1.30. The molecule has 0 heterocycles. The van der Waals surface area contributed by atoms with E-state index in [1.54, 1.807) is 0 Å². The monoisotopic (exact) mass is 218 g/mol. The lowest BCUT2D eigenvalue weighted by Crippen LogP contribution is -1.80. The number of phenols is 3. The molecule has 0 fully saturated rings. The van der Waals surface area contributed by atoms with Gasteiger partial charge in [0.05, 0.1) is 5.56 Å². The normalized spacial score (nSPS) is 9.91. The summed E-state index contributed by atoms with van der Waals surface area (Å²) in [7, 11) is 0. The average Bonchev–Trinajstić information content (AvgIpc) is 1.99. The van der Waals surface area contributed by atoms with Crippen molar-refractivity contribution in [3.8, 4) is 17.2 Å². The van der Waals surface area contributed by atoms with Gasteiger partial charge < -0.3 is 15.3 Å². The molecule has 0 aliphatic carbocycles. The molecule has 0 unspecified atom stereocenters. The van der Waals surface area contributed by atoms with Crippen LogP contribution < -0.4 is 0 Å². The van der Waals surface area contributed by atoms with Gasteiger partial charge in [0.2, 0.25) is 0 Å². The number of rotatable bonds is 1. The molecule has 11 heavy (non-hydrogen) atoms. The minimum atomic E-state index is -0.276. The standard InChI is InChI=1S/C7H7BrO3/c8-3-4-5(9)1-2-6(10)7(4)11/h1-2,9-11H,3H2. The van der Waals surface area contributed by atoms with Crippen molar-refractivity contribution >= 4 is 15.9 Å². The van der Waals surface area contributed by atoms with Crippen LogP contribution in [0.15, 0.2) is 12.1 Å². The van der Waals surface area contributed by atoms with Gasteiger partial charge in [-0.15, -0.1) is 0 Å². The summed E-state index contributed by atoms with van der Waals surface area (Å²) in [5.41, 5.74) is 0.296. The van der Waals surface area contributed by atoms with Crippen molar-refractivity contribution in [3.05, 3.63) is 17.7 Å². The first-order valence-electron chi connectivity index (χ1n) is 2.95. The van der Waals surface area contributed by atoms with Crippen LogP contribution in [0.4, 0.5) is 0 Å². The Labute approximate surface area is 72.0 Å². The first kappa shape index (κ1) is 8.20. The first-order chi connectivity index (χ1) is 5.16. The van der Waals surface area contributed by atoms with E-state index < -0.39 is 0 Å². The Morgan fingerprint density at radius 2 is 1.64 bits per heavy atom. The van der Waals surface area contributed by atoms with E-state index in [1.807, 2.05) is 0 Å². The molecule has 0 saturated heterocycles. The van der Waals surface area contributed by atoms with Gasteiger partial charge in [0.25, 0.3) is 0 Å². The quantitative estimate of drug-likeness (QED) is 0.382. The summed E-state index contributed by atoms with van der Waals surface area (Å²) >= 11 is 3.06. The second-order valence-electron chi connectivity index (χ2n) is 2.06. The minimum absolute atomic E-state index is 0.0304. The van der Waals surface area contributed by atoms with Crippen molar-refractivity contribution in [1.29, 1.82) is 0 Å². The molecule has 0 spiro atoms. The highest BCUT2D eigenvalue weighted by Gasteiger charge is 2.09. The minimum Gasteiger partial charge on any atom is -0.507 e. The topological polar surface area (TPSA) is 60.7 Å². The third-order valence-electron chi connectivity index (χ3n) is 1.37. The third-order valence-corrected chi connectivity index (χ3v) is 1.93. The first-order valence-corrected chi connectivity index (χ1v) is 4.07. The summed E-state index contributed by atoms with van der Waals surface area (Å²) in [5.74, 6) is -0.531. The molecule has 0 radical (unpaired) electrons. The maximum atomic E-state index is 9.14. The molecule has 0 aliphatic heterocycles. The molecular formula is C7H7BrO3. The molecule has 0 aromatic heterocycles. The maximum Gasteiger partial charge on any atom is 0.165 e. The Kier molecular flexibility index (Phi) is 2.24. The molecular weight excluding hydrogens is 212 g/mol. The van der Waals surface area contributed by atoms with E-state index >= 15 is 0 Å². The number of benzene rings is 1. The highest BCUT2D eigenvalue weighted by Crippen LogP contribution is 2.35. The number of phenolic OH excluding ortho intramolecular Hbond substituents is 3. The lowest BCUT2D eigenvalue weighted by Gasteiger charge is -2.04. The molecule has 1 rings (SSSR count). The van der Waals surface area contributed by atoms with E-state index in [4.69, 9.17) is 15.3 Å². The largest absolute Gasteiger partial charge is 0.507 e. The van der Waals surface area contributed by atoms with Gasteiger partial charge in [-0.1, -0.05) is 15.9 Å². The molecule has 3 N–H and O–H groups in total. The lowest BCUT2D eigenvalue weighted by atomic mass is 10.2. The van der Waals surface area contributed by atoms with E-state index in [0.29, 0.717) is 10.9 Å². The maximum absolute atomic E-state index is 9.14. The average molecular weight is 219 g/mol. The van der Waals surface area contributed by atoms with Crippen molar-refractivity contribution in [2.45, 2.75) is 5.33 Å². The molecule has 60 valence electrons. The number of halogens is 1. The van der Waals surface area contributed by atoms with Crippen LogP contribution in [0.25, 0.3) is 0 Å². The summed E-state index contributed by atoms with van der Waals surface area (Å²) < 4.78 is 0. The van der Waals surface area contributed by atoms with Crippen molar-refractivity contribution in [2.24, 2.45) is 0 Å². The summed E-state index contributed by atoms with van der Waals surface area (Å²) in [6, 6.07) is 2.56. The molecule has 0 saturated carbocycles. The van der Waals surface area contributed by atoms with Gasteiger partial charge in [0.15, 0.2) is 11.5 Å². The molecule has 3 nitrogen and oxygen atoms in total. The number of alkyl halides is 1. The van der Waals surface area contributed by atoms with E-state index in [9.17, 15) is 0 Å². The Morgan fingerprint density at radius 3 is 2.09 bits per heavy atom. The zero-order valence-corrected chi connectivity index (χ0v) is 7.17. The van der Waals surface area contributed by atoms with Gasteiger partial charge in [0, 0.05) is 5.33 Å². The number of hydrogen-bond donors (Lipinski definition) is 3. The molecule has 0 amide bonds. The van der Waals surface area contributed by atoms with Gasteiger partial charge in [-0.3, -0.25) is 0 Å². The summed E-state index contributed by atoms with van der Waals surface area (Å²) in [6.07, 6.45) is 0. The van der Waals surface area contributed by atoms with E-state index in [2.05, 4.69) is 15.9 Å². The number of hydrogen-bond acceptors (Lipinski definition) is 3. The smallest absolute Gasteiger partial charge is 0.165 e. The van der Waals surface area contributed by atoms with Crippen LogP contribution in [0, 0.1) is 0 Å². The van der Waals surface area contributed by atoms with Crippen LogP contribution >= 0.6 is 15.9 Å². The Hall–Kier alpha value is -0.900. The van der Waals surface area contributed by atoms with Crippen molar-refractivity contribution in [3.63, 3.8) is 0 Å². The van der Waals surface area contributed by atoms with Gasteiger partial charge in [-0.2, -0.15) is 0 Å². The number of aromatic hydroxyl groups is 3. The van der Waals surface area contributed by atoms with Crippen molar-refractivity contribution < 1.29 is 15.3 Å². The predicted octanol–water partition coefficient (Wildman–Crippen LogP) is 1.70. The van der Waals surface area contributed by atoms with Gasteiger partial charge in [0.1, 0.15) is 5.75 Å². The zero-order valence-electron chi connectivity index (χ0n) is 5.58. The van der Waals surface area contributed by atoms with Crippen LogP contribution in [-0.2, 0) is 5.33 Å². The Morgan fingerprint density at radius 1 is 1.09 bits per heavy atom. The molecule has 1 aromatic carbocycles. The highest BCUT2D eigenvalue weighted by molar-refractivity contribution is 9.08. The highest BCUT2D eigenvalue weighted by atomic mass is 79.9. The van der Waals surface area contributed by atoms with Crippen molar-refractivity contribution in [2.75, 3.05) is 0 Å². The van der Waals surface area contributed by atoms with Crippen LogP contribution in [0.1, 0.15) is 5.56 Å². The second kappa shape index (κ2) is 3.00. The van der Waals surface area contributed by atoms with Crippen LogP contribution in [-0.4, -0.2) is 15.3 Å². The molecule has 0 bridgehead atoms. The van der Waals surface area contributed by atoms with Crippen molar-refractivity contribution in [1.82, 2.24) is 0 Å². The lowest BCUT2D eigenvalue weighted by molar-refractivity contribution is 0.392. The van der Waals surface area contributed by atoms with E-state index in [0.717, 1.165) is 0 Å². The molecule has 0 aliphatic rings. The Bertz CT molecular complexity index is 273. The van der Waals surface area contributed by atoms with Crippen LogP contribution in [0.5, 0.6) is 17.2 Å². The Balaban J connectivity index is 3.29. The summed E-state index contributed by atoms with van der Waals surface area (Å²) in [4.78, 5) is 0. The molecule has 1 aromatic rings. The summed E-state index contributed by atoms with van der Waals surface area (Å²) in [6.45, 7) is 0.